The number of ether oxygens (including phenoxy) is 1. The van der Waals surface area contributed by atoms with E-state index in [1.807, 2.05) is 6.92 Å². The van der Waals surface area contributed by atoms with Gasteiger partial charge in [-0.05, 0) is 18.7 Å². The Balaban J connectivity index is 2.51. The summed E-state index contributed by atoms with van der Waals surface area (Å²) < 4.78 is 18.1. The molecule has 0 aliphatic heterocycles. The molecule has 17 heavy (non-hydrogen) atoms. The molecule has 5 heteroatoms. The highest BCUT2D eigenvalue weighted by molar-refractivity contribution is 5.90. The smallest absolute Gasteiger partial charge is 0.225 e. The molecule has 1 rings (SSSR count). The summed E-state index contributed by atoms with van der Waals surface area (Å²) in [5.74, 6) is -0.469. The molecule has 1 aromatic carbocycles. The monoisotopic (exact) mass is 240 g/mol. The van der Waals surface area contributed by atoms with Gasteiger partial charge in [-0.3, -0.25) is 4.79 Å². The molecule has 0 spiro atoms. The van der Waals surface area contributed by atoms with Crippen LogP contribution < -0.4 is 15.4 Å². The zero-order chi connectivity index (χ0) is 12.7. The number of benzene rings is 1. The van der Waals surface area contributed by atoms with Crippen molar-refractivity contribution >= 4 is 11.6 Å². The summed E-state index contributed by atoms with van der Waals surface area (Å²) in [6.45, 7) is 3.40. The molecule has 0 unspecified atom stereocenters. The van der Waals surface area contributed by atoms with Crippen LogP contribution in [0.15, 0.2) is 18.2 Å². The summed E-state index contributed by atoms with van der Waals surface area (Å²) >= 11 is 0. The number of nitrogens with one attached hydrogen (secondary N) is 2. The number of carbonyl (C=O) groups is 1. The zero-order valence-corrected chi connectivity index (χ0v) is 10.0. The fourth-order valence-electron chi connectivity index (χ4n) is 1.35. The molecule has 94 valence electrons. The number of hydrogen-bond acceptors (Lipinski definition) is 3. The van der Waals surface area contributed by atoms with Crippen LogP contribution in [-0.2, 0) is 4.79 Å². The minimum atomic E-state index is -0.489. The van der Waals surface area contributed by atoms with E-state index in [4.69, 9.17) is 4.74 Å². The SMILES string of the molecule is CCNCCC(=O)Nc1ccc(OC)c(F)c1. The quantitative estimate of drug-likeness (QED) is 0.745. The van der Waals surface area contributed by atoms with Crippen molar-refractivity contribution in [2.24, 2.45) is 0 Å². The van der Waals surface area contributed by atoms with E-state index in [0.717, 1.165) is 6.54 Å². The third kappa shape index (κ3) is 4.40. The van der Waals surface area contributed by atoms with Gasteiger partial charge in [-0.25, -0.2) is 4.39 Å². The number of carbonyl (C=O) groups excluding carboxylic acids is 1. The van der Waals surface area contributed by atoms with Crippen molar-refractivity contribution < 1.29 is 13.9 Å². The zero-order valence-electron chi connectivity index (χ0n) is 10.0. The van der Waals surface area contributed by atoms with E-state index in [9.17, 15) is 9.18 Å². The average Bonchev–Trinajstić information content (AvgIpc) is 2.29. The highest BCUT2D eigenvalue weighted by Crippen LogP contribution is 2.20. The number of anilines is 1. The number of hydrogen-bond donors (Lipinski definition) is 2. The minimum Gasteiger partial charge on any atom is -0.494 e. The van der Waals surface area contributed by atoms with Crippen molar-refractivity contribution in [1.82, 2.24) is 5.32 Å². The molecule has 1 aromatic rings. The Kier molecular flexibility index (Phi) is 5.42. The van der Waals surface area contributed by atoms with Crippen molar-refractivity contribution in [1.29, 1.82) is 0 Å². The first-order valence-electron chi connectivity index (χ1n) is 5.51. The van der Waals surface area contributed by atoms with Crippen molar-refractivity contribution in [2.75, 3.05) is 25.5 Å². The van der Waals surface area contributed by atoms with Crippen LogP contribution in [-0.4, -0.2) is 26.1 Å². The molecular weight excluding hydrogens is 223 g/mol. The average molecular weight is 240 g/mol. The van der Waals surface area contributed by atoms with Crippen LogP contribution in [0.25, 0.3) is 0 Å². The molecule has 0 atom stereocenters. The molecule has 4 nitrogen and oxygen atoms in total. The van der Waals surface area contributed by atoms with Crippen molar-refractivity contribution in [2.45, 2.75) is 13.3 Å². The van der Waals surface area contributed by atoms with Crippen molar-refractivity contribution in [3.05, 3.63) is 24.0 Å². The predicted molar refractivity (Wildman–Crippen MR) is 64.7 cm³/mol. The first kappa shape index (κ1) is 13.4. The van der Waals surface area contributed by atoms with E-state index in [-0.39, 0.29) is 11.7 Å². The minimum absolute atomic E-state index is 0.143. The molecule has 0 aromatic heterocycles. The van der Waals surface area contributed by atoms with Gasteiger partial charge in [0, 0.05) is 24.7 Å². The van der Waals surface area contributed by atoms with Gasteiger partial charge in [-0.15, -0.1) is 0 Å². The molecule has 1 amide bonds. The number of halogens is 1. The lowest BCUT2D eigenvalue weighted by Crippen LogP contribution is -2.21. The Morgan fingerprint density at radius 3 is 2.82 bits per heavy atom. The van der Waals surface area contributed by atoms with E-state index in [2.05, 4.69) is 10.6 Å². The van der Waals surface area contributed by atoms with E-state index in [1.54, 1.807) is 6.07 Å². The van der Waals surface area contributed by atoms with E-state index < -0.39 is 5.82 Å². The molecule has 0 radical (unpaired) electrons. The molecule has 0 saturated carbocycles. The first-order valence-corrected chi connectivity index (χ1v) is 5.51. The highest BCUT2D eigenvalue weighted by Gasteiger charge is 2.06. The van der Waals surface area contributed by atoms with Crippen molar-refractivity contribution in [3.8, 4) is 5.75 Å². The third-order valence-electron chi connectivity index (χ3n) is 2.21. The van der Waals surface area contributed by atoms with Crippen LogP contribution in [0, 0.1) is 5.82 Å². The summed E-state index contributed by atoms with van der Waals surface area (Å²) in [5.41, 5.74) is 0.435. The second-order valence-electron chi connectivity index (χ2n) is 3.50. The van der Waals surface area contributed by atoms with Gasteiger partial charge in [-0.2, -0.15) is 0 Å². The molecule has 2 N–H and O–H groups in total. The Morgan fingerprint density at radius 1 is 1.47 bits per heavy atom. The molecule has 0 heterocycles. The molecule has 0 fully saturated rings. The van der Waals surface area contributed by atoms with Gasteiger partial charge in [0.25, 0.3) is 0 Å². The lowest BCUT2D eigenvalue weighted by molar-refractivity contribution is -0.116. The lowest BCUT2D eigenvalue weighted by Gasteiger charge is -2.07. The third-order valence-corrected chi connectivity index (χ3v) is 2.21. The summed E-state index contributed by atoms with van der Waals surface area (Å²) in [6, 6.07) is 4.33. The predicted octanol–water partition coefficient (Wildman–Crippen LogP) is 1.77. The fraction of sp³-hybridized carbons (Fsp3) is 0.417. The molecule has 0 bridgehead atoms. The van der Waals surface area contributed by atoms with Crippen LogP contribution in [0.4, 0.5) is 10.1 Å². The summed E-state index contributed by atoms with van der Waals surface area (Å²) in [5, 5.41) is 5.66. The van der Waals surface area contributed by atoms with Crippen molar-refractivity contribution in [3.63, 3.8) is 0 Å². The maximum Gasteiger partial charge on any atom is 0.225 e. The van der Waals surface area contributed by atoms with E-state index in [0.29, 0.717) is 18.7 Å². The normalized spacial score (nSPS) is 10.1. The molecule has 0 aliphatic carbocycles. The van der Waals surface area contributed by atoms with E-state index >= 15 is 0 Å². The number of amides is 1. The van der Waals surface area contributed by atoms with Gasteiger partial charge in [0.05, 0.1) is 7.11 Å². The number of methoxy groups -OCH3 is 1. The van der Waals surface area contributed by atoms with Gasteiger partial charge < -0.3 is 15.4 Å². The van der Waals surface area contributed by atoms with Gasteiger partial charge in [0.15, 0.2) is 11.6 Å². The summed E-state index contributed by atoms with van der Waals surface area (Å²) in [7, 11) is 1.40. The second-order valence-corrected chi connectivity index (χ2v) is 3.50. The Bertz CT molecular complexity index is 383. The first-order chi connectivity index (χ1) is 8.17. The van der Waals surface area contributed by atoms with Gasteiger partial charge in [0.1, 0.15) is 0 Å². The summed E-state index contributed by atoms with van der Waals surface area (Å²) in [6.07, 6.45) is 0.363. The standard InChI is InChI=1S/C12H17FN2O2/c1-3-14-7-6-12(16)15-9-4-5-11(17-2)10(13)8-9/h4-5,8,14H,3,6-7H2,1-2H3,(H,15,16). The van der Waals surface area contributed by atoms with E-state index in [1.165, 1.54) is 19.2 Å². The Morgan fingerprint density at radius 2 is 2.24 bits per heavy atom. The number of rotatable bonds is 6. The van der Waals surface area contributed by atoms with Crippen LogP contribution in [0.5, 0.6) is 5.75 Å². The fourth-order valence-corrected chi connectivity index (χ4v) is 1.35. The molecule has 0 saturated heterocycles. The Hall–Kier alpha value is -1.62. The largest absolute Gasteiger partial charge is 0.494 e. The van der Waals surface area contributed by atoms with Gasteiger partial charge >= 0.3 is 0 Å². The van der Waals surface area contributed by atoms with Gasteiger partial charge in [0.2, 0.25) is 5.91 Å². The topological polar surface area (TPSA) is 50.4 Å². The van der Waals surface area contributed by atoms with Crippen LogP contribution in [0.1, 0.15) is 13.3 Å². The highest BCUT2D eigenvalue weighted by atomic mass is 19.1. The molecule has 0 aliphatic rings. The second kappa shape index (κ2) is 6.85. The molecular formula is C12H17FN2O2. The maximum absolute atomic E-state index is 13.3. The summed E-state index contributed by atoms with van der Waals surface area (Å²) in [4.78, 5) is 11.4. The van der Waals surface area contributed by atoms with Gasteiger partial charge in [-0.1, -0.05) is 6.92 Å². The maximum atomic E-state index is 13.3. The van der Waals surface area contributed by atoms with Crippen LogP contribution in [0.3, 0.4) is 0 Å². The van der Waals surface area contributed by atoms with Crippen LogP contribution >= 0.6 is 0 Å². The van der Waals surface area contributed by atoms with Crippen LogP contribution in [0.2, 0.25) is 0 Å². The Labute approximate surface area is 100 Å². The lowest BCUT2D eigenvalue weighted by atomic mass is 10.2.